The molecule has 4 nitrogen and oxygen atoms in total. The van der Waals surface area contributed by atoms with Crippen LogP contribution >= 0.6 is 0 Å². The number of ether oxygens (including phenoxy) is 1. The summed E-state index contributed by atoms with van der Waals surface area (Å²) in [6, 6.07) is 3.43. The topological polar surface area (TPSA) is 55.2 Å². The minimum atomic E-state index is -0.0880. The minimum absolute atomic E-state index is 0.0880. The predicted molar refractivity (Wildman–Crippen MR) is 57.5 cm³/mol. The quantitative estimate of drug-likeness (QED) is 0.823. The van der Waals surface area contributed by atoms with Crippen molar-refractivity contribution in [3.8, 4) is 5.88 Å². The molecule has 0 aliphatic rings. The van der Waals surface area contributed by atoms with E-state index in [0.29, 0.717) is 18.2 Å². The highest BCUT2D eigenvalue weighted by Gasteiger charge is 2.10. The second-order valence-corrected chi connectivity index (χ2v) is 4.68. The fourth-order valence-corrected chi connectivity index (χ4v) is 0.971. The Balaban J connectivity index is 2.38. The van der Waals surface area contributed by atoms with Gasteiger partial charge in [0.25, 0.3) is 0 Å². The van der Waals surface area contributed by atoms with Crippen molar-refractivity contribution in [2.75, 3.05) is 6.61 Å². The van der Waals surface area contributed by atoms with Crippen LogP contribution in [0, 0.1) is 5.41 Å². The highest BCUT2D eigenvalue weighted by molar-refractivity contribution is 5.10. The molecule has 1 N–H and O–H groups in total. The van der Waals surface area contributed by atoms with E-state index in [9.17, 15) is 0 Å². The normalized spacial score (nSPS) is 11.5. The number of aromatic nitrogens is 2. The van der Waals surface area contributed by atoms with Gasteiger partial charge < -0.3 is 9.84 Å². The fraction of sp³-hybridized carbons (Fsp3) is 0.636. The average Bonchev–Trinajstić information content (AvgIpc) is 2.17. The van der Waals surface area contributed by atoms with Gasteiger partial charge in [-0.2, -0.15) is 0 Å². The average molecular weight is 210 g/mol. The van der Waals surface area contributed by atoms with Crippen LogP contribution in [-0.4, -0.2) is 21.9 Å². The zero-order valence-electron chi connectivity index (χ0n) is 9.53. The molecule has 0 bridgehead atoms. The molecule has 0 saturated heterocycles. The first-order chi connectivity index (χ1) is 7.01. The van der Waals surface area contributed by atoms with Crippen LogP contribution in [0.3, 0.4) is 0 Å². The molecule has 0 radical (unpaired) electrons. The molecule has 1 aromatic heterocycles. The Labute approximate surface area is 90.3 Å². The predicted octanol–water partition coefficient (Wildman–Crippen LogP) is 1.78. The van der Waals surface area contributed by atoms with Gasteiger partial charge in [-0.3, -0.25) is 0 Å². The molecule has 84 valence electrons. The maximum Gasteiger partial charge on any atom is 0.233 e. The first kappa shape index (κ1) is 11.9. The van der Waals surface area contributed by atoms with Crippen molar-refractivity contribution in [3.05, 3.63) is 17.8 Å². The molecular formula is C11H18N2O2. The molecule has 0 aliphatic heterocycles. The number of rotatable bonds is 4. The van der Waals surface area contributed by atoms with Crippen LogP contribution in [0.5, 0.6) is 5.88 Å². The number of hydrogen-bond donors (Lipinski definition) is 1. The Kier molecular flexibility index (Phi) is 4.03. The van der Waals surface area contributed by atoms with E-state index in [-0.39, 0.29) is 12.0 Å². The van der Waals surface area contributed by atoms with Crippen molar-refractivity contribution >= 4 is 0 Å². The van der Waals surface area contributed by atoms with Gasteiger partial charge in [0.1, 0.15) is 0 Å². The van der Waals surface area contributed by atoms with Crippen LogP contribution in [0.4, 0.5) is 0 Å². The Morgan fingerprint density at radius 1 is 1.27 bits per heavy atom. The molecule has 0 saturated carbocycles. The molecule has 0 aliphatic carbocycles. The number of aliphatic hydroxyl groups is 1. The van der Waals surface area contributed by atoms with Gasteiger partial charge in [-0.1, -0.05) is 20.8 Å². The zero-order chi connectivity index (χ0) is 11.3. The van der Waals surface area contributed by atoms with E-state index in [1.165, 1.54) is 0 Å². The standard InChI is InChI=1S/C11H18N2O2/c1-11(2,3)6-7-15-10-5-4-9(8-14)12-13-10/h4-5,14H,6-8H2,1-3H3. The molecule has 0 atom stereocenters. The smallest absolute Gasteiger partial charge is 0.233 e. The van der Waals surface area contributed by atoms with Gasteiger partial charge in [0.05, 0.1) is 18.9 Å². The van der Waals surface area contributed by atoms with Crippen LogP contribution in [0.25, 0.3) is 0 Å². The molecule has 0 aromatic carbocycles. The summed E-state index contributed by atoms with van der Waals surface area (Å²) >= 11 is 0. The molecule has 15 heavy (non-hydrogen) atoms. The van der Waals surface area contributed by atoms with E-state index >= 15 is 0 Å². The van der Waals surface area contributed by atoms with Crippen LogP contribution < -0.4 is 4.74 Å². The van der Waals surface area contributed by atoms with E-state index in [1.807, 2.05) is 0 Å². The molecule has 1 rings (SSSR count). The highest BCUT2D eigenvalue weighted by atomic mass is 16.5. The summed E-state index contributed by atoms with van der Waals surface area (Å²) < 4.78 is 5.43. The van der Waals surface area contributed by atoms with Gasteiger partial charge in [-0.15, -0.1) is 10.2 Å². The summed E-state index contributed by atoms with van der Waals surface area (Å²) in [5, 5.41) is 16.4. The molecule has 1 heterocycles. The third-order valence-electron chi connectivity index (χ3n) is 1.96. The second kappa shape index (κ2) is 5.07. The van der Waals surface area contributed by atoms with Crippen molar-refractivity contribution in [1.82, 2.24) is 10.2 Å². The van der Waals surface area contributed by atoms with E-state index in [0.717, 1.165) is 6.42 Å². The van der Waals surface area contributed by atoms with E-state index in [2.05, 4.69) is 31.0 Å². The Bertz CT molecular complexity index is 290. The molecule has 1 aromatic rings. The summed E-state index contributed by atoms with van der Waals surface area (Å²) in [6.07, 6.45) is 0.969. The fourth-order valence-electron chi connectivity index (χ4n) is 0.971. The van der Waals surface area contributed by atoms with Gasteiger partial charge in [0.15, 0.2) is 0 Å². The molecule has 0 amide bonds. The Hall–Kier alpha value is -1.16. The maximum atomic E-state index is 8.77. The molecule has 0 fully saturated rings. The molecule has 0 spiro atoms. The van der Waals surface area contributed by atoms with Crippen LogP contribution in [0.15, 0.2) is 12.1 Å². The van der Waals surface area contributed by atoms with Crippen LogP contribution in [0.1, 0.15) is 32.9 Å². The largest absolute Gasteiger partial charge is 0.477 e. The lowest BCUT2D eigenvalue weighted by Gasteiger charge is -2.17. The monoisotopic (exact) mass is 210 g/mol. The minimum Gasteiger partial charge on any atom is -0.477 e. The molecule has 0 unspecified atom stereocenters. The lowest BCUT2D eigenvalue weighted by Crippen LogP contribution is -2.11. The lowest BCUT2D eigenvalue weighted by molar-refractivity contribution is 0.232. The third-order valence-corrected chi connectivity index (χ3v) is 1.96. The molecule has 4 heteroatoms. The maximum absolute atomic E-state index is 8.77. The summed E-state index contributed by atoms with van der Waals surface area (Å²) in [6.45, 7) is 7.04. The van der Waals surface area contributed by atoms with Gasteiger partial charge in [-0.05, 0) is 17.9 Å². The summed E-state index contributed by atoms with van der Waals surface area (Å²) in [7, 11) is 0. The van der Waals surface area contributed by atoms with Crippen LogP contribution in [0.2, 0.25) is 0 Å². The Morgan fingerprint density at radius 3 is 2.47 bits per heavy atom. The van der Waals surface area contributed by atoms with E-state index < -0.39 is 0 Å². The summed E-state index contributed by atoms with van der Waals surface area (Å²) in [5.74, 6) is 0.511. The van der Waals surface area contributed by atoms with Crippen molar-refractivity contribution in [2.45, 2.75) is 33.8 Å². The summed E-state index contributed by atoms with van der Waals surface area (Å²) in [4.78, 5) is 0. The van der Waals surface area contributed by atoms with Crippen LogP contribution in [-0.2, 0) is 6.61 Å². The first-order valence-electron chi connectivity index (χ1n) is 5.07. The number of nitrogens with zero attached hydrogens (tertiary/aromatic N) is 2. The van der Waals surface area contributed by atoms with Crippen molar-refractivity contribution in [2.24, 2.45) is 5.41 Å². The molecular weight excluding hydrogens is 192 g/mol. The van der Waals surface area contributed by atoms with E-state index in [4.69, 9.17) is 9.84 Å². The first-order valence-corrected chi connectivity index (χ1v) is 5.07. The lowest BCUT2D eigenvalue weighted by atomic mass is 9.93. The van der Waals surface area contributed by atoms with Gasteiger partial charge >= 0.3 is 0 Å². The SMILES string of the molecule is CC(C)(C)CCOc1ccc(CO)nn1. The van der Waals surface area contributed by atoms with Crippen molar-refractivity contribution < 1.29 is 9.84 Å². The van der Waals surface area contributed by atoms with Gasteiger partial charge in [0.2, 0.25) is 5.88 Å². The van der Waals surface area contributed by atoms with E-state index in [1.54, 1.807) is 12.1 Å². The highest BCUT2D eigenvalue weighted by Crippen LogP contribution is 2.18. The summed E-state index contributed by atoms with van der Waals surface area (Å²) in [5.41, 5.74) is 0.816. The van der Waals surface area contributed by atoms with Gasteiger partial charge in [-0.25, -0.2) is 0 Å². The zero-order valence-corrected chi connectivity index (χ0v) is 9.53. The van der Waals surface area contributed by atoms with Crippen molar-refractivity contribution in [3.63, 3.8) is 0 Å². The second-order valence-electron chi connectivity index (χ2n) is 4.68. The van der Waals surface area contributed by atoms with Crippen molar-refractivity contribution in [1.29, 1.82) is 0 Å². The van der Waals surface area contributed by atoms with Gasteiger partial charge in [0, 0.05) is 6.07 Å². The third kappa shape index (κ3) is 4.74. The Morgan fingerprint density at radius 2 is 2.00 bits per heavy atom. The number of aliphatic hydroxyl groups excluding tert-OH is 1. The number of hydrogen-bond acceptors (Lipinski definition) is 4.